The number of amides is 1. The van der Waals surface area contributed by atoms with E-state index >= 15 is 0 Å². The molecule has 11 heteroatoms. The predicted octanol–water partition coefficient (Wildman–Crippen LogP) is 0.635. The van der Waals surface area contributed by atoms with E-state index in [1.54, 1.807) is 0 Å². The van der Waals surface area contributed by atoms with Crippen LogP contribution in [0.25, 0.3) is 0 Å². The molecule has 0 aromatic heterocycles. The van der Waals surface area contributed by atoms with E-state index in [4.69, 9.17) is 25.4 Å². The van der Waals surface area contributed by atoms with Gasteiger partial charge in [-0.15, -0.1) is 0 Å². The zero-order valence-electron chi connectivity index (χ0n) is 18.2. The molecule has 1 amide bonds. The fourth-order valence-corrected chi connectivity index (χ4v) is 3.68. The van der Waals surface area contributed by atoms with Gasteiger partial charge >= 0.3 is 11.9 Å². The Bertz CT molecular complexity index is 907. The van der Waals surface area contributed by atoms with Crippen LogP contribution in [0.3, 0.4) is 0 Å². The lowest BCUT2D eigenvalue weighted by Gasteiger charge is -2.30. The molecule has 2 rings (SSSR count). The third kappa shape index (κ3) is 7.86. The Morgan fingerprint density at radius 1 is 1.00 bits per heavy atom. The predicted molar refractivity (Wildman–Crippen MR) is 114 cm³/mol. The Balaban J connectivity index is 1.95. The maximum absolute atomic E-state index is 12.5. The SMILES string of the molecule is CC(=O)C(N)[C@H]1CC[C@H](C(=O)NCC(=O)c2ccc(OCC(=O)O)c(OCC(=O)O)c2)CC1. The topological polar surface area (TPSA) is 182 Å². The second-order valence-electron chi connectivity index (χ2n) is 7.92. The van der Waals surface area contributed by atoms with Gasteiger partial charge in [-0.3, -0.25) is 14.4 Å². The first kappa shape index (κ1) is 25.8. The van der Waals surface area contributed by atoms with Gasteiger partial charge in [0.05, 0.1) is 12.6 Å². The fraction of sp³-hybridized carbons (Fsp3) is 0.500. The van der Waals surface area contributed by atoms with E-state index in [1.165, 1.54) is 25.1 Å². The second kappa shape index (κ2) is 12.0. The van der Waals surface area contributed by atoms with Crippen LogP contribution in [-0.2, 0) is 19.2 Å². The monoisotopic (exact) mass is 464 g/mol. The average Bonchev–Trinajstić information content (AvgIpc) is 2.79. The molecule has 0 heterocycles. The number of carbonyl (C=O) groups excluding carboxylic acids is 3. The Labute approximate surface area is 190 Å². The molecule has 180 valence electrons. The zero-order valence-corrected chi connectivity index (χ0v) is 18.2. The lowest BCUT2D eigenvalue weighted by Crippen LogP contribution is -2.41. The lowest BCUT2D eigenvalue weighted by atomic mass is 9.77. The van der Waals surface area contributed by atoms with E-state index < -0.39 is 37.0 Å². The number of nitrogens with two attached hydrogens (primary N) is 1. The van der Waals surface area contributed by atoms with Gasteiger partial charge in [0.15, 0.2) is 30.5 Å². The molecule has 1 saturated carbocycles. The molecule has 1 atom stereocenters. The van der Waals surface area contributed by atoms with Crippen LogP contribution in [0.4, 0.5) is 0 Å². The van der Waals surface area contributed by atoms with Crippen LogP contribution in [0.5, 0.6) is 11.5 Å². The summed E-state index contributed by atoms with van der Waals surface area (Å²) in [5.74, 6) is -3.62. The summed E-state index contributed by atoms with van der Waals surface area (Å²) in [6, 6.07) is 3.39. The van der Waals surface area contributed by atoms with Gasteiger partial charge < -0.3 is 30.7 Å². The molecule has 1 aromatic rings. The molecular weight excluding hydrogens is 436 g/mol. The number of nitrogens with one attached hydrogen (secondary N) is 1. The molecule has 1 fully saturated rings. The van der Waals surface area contributed by atoms with E-state index in [-0.39, 0.29) is 47.1 Å². The molecule has 0 radical (unpaired) electrons. The number of carbonyl (C=O) groups is 5. The minimum Gasteiger partial charge on any atom is -0.479 e. The minimum absolute atomic E-state index is 0.0280. The first-order chi connectivity index (χ1) is 15.6. The van der Waals surface area contributed by atoms with Crippen molar-refractivity contribution in [2.75, 3.05) is 19.8 Å². The van der Waals surface area contributed by atoms with Crippen LogP contribution in [0.1, 0.15) is 43.0 Å². The number of hydrogen-bond acceptors (Lipinski definition) is 8. The minimum atomic E-state index is -1.26. The van der Waals surface area contributed by atoms with Crippen molar-refractivity contribution in [2.45, 2.75) is 38.6 Å². The van der Waals surface area contributed by atoms with E-state index in [2.05, 4.69) is 5.32 Å². The van der Waals surface area contributed by atoms with Gasteiger partial charge in [0.25, 0.3) is 0 Å². The van der Waals surface area contributed by atoms with E-state index in [9.17, 15) is 24.0 Å². The largest absolute Gasteiger partial charge is 0.479 e. The Morgan fingerprint density at radius 2 is 1.58 bits per heavy atom. The van der Waals surface area contributed by atoms with Gasteiger partial charge in [-0.25, -0.2) is 9.59 Å². The molecule has 11 nitrogen and oxygen atoms in total. The average molecular weight is 464 g/mol. The fourth-order valence-electron chi connectivity index (χ4n) is 3.68. The quantitative estimate of drug-likeness (QED) is 0.320. The molecule has 1 aliphatic rings. The number of Topliss-reactive ketones (excluding diaryl/α,β-unsaturated/α-hetero) is 2. The van der Waals surface area contributed by atoms with Crippen molar-refractivity contribution in [1.82, 2.24) is 5.32 Å². The lowest BCUT2D eigenvalue weighted by molar-refractivity contribution is -0.140. The van der Waals surface area contributed by atoms with E-state index in [0.29, 0.717) is 25.7 Å². The zero-order chi connectivity index (χ0) is 24.5. The van der Waals surface area contributed by atoms with E-state index in [0.717, 1.165) is 0 Å². The van der Waals surface area contributed by atoms with Gasteiger partial charge in [-0.2, -0.15) is 0 Å². The second-order valence-corrected chi connectivity index (χ2v) is 7.92. The van der Waals surface area contributed by atoms with Crippen LogP contribution >= 0.6 is 0 Å². The van der Waals surface area contributed by atoms with Crippen molar-refractivity contribution in [3.05, 3.63) is 23.8 Å². The molecule has 5 N–H and O–H groups in total. The number of carboxylic acid groups (broad SMARTS) is 2. The molecule has 33 heavy (non-hydrogen) atoms. The number of rotatable bonds is 12. The highest BCUT2D eigenvalue weighted by Gasteiger charge is 2.31. The van der Waals surface area contributed by atoms with Crippen LogP contribution in [0, 0.1) is 11.8 Å². The van der Waals surface area contributed by atoms with Crippen molar-refractivity contribution in [2.24, 2.45) is 17.6 Å². The van der Waals surface area contributed by atoms with Crippen molar-refractivity contribution < 1.29 is 43.7 Å². The first-order valence-electron chi connectivity index (χ1n) is 10.5. The van der Waals surface area contributed by atoms with Gasteiger partial charge in [-0.1, -0.05) is 0 Å². The summed E-state index contributed by atoms with van der Waals surface area (Å²) in [5.41, 5.74) is 6.03. The number of hydrogen-bond donors (Lipinski definition) is 4. The summed E-state index contributed by atoms with van der Waals surface area (Å²) in [7, 11) is 0. The summed E-state index contributed by atoms with van der Waals surface area (Å²) in [4.78, 5) is 57.9. The molecule has 1 aliphatic carbocycles. The van der Waals surface area contributed by atoms with Crippen molar-refractivity contribution in [3.63, 3.8) is 0 Å². The third-order valence-corrected chi connectivity index (χ3v) is 5.51. The Morgan fingerprint density at radius 3 is 2.12 bits per heavy atom. The van der Waals surface area contributed by atoms with Crippen LogP contribution in [0.15, 0.2) is 18.2 Å². The van der Waals surface area contributed by atoms with Gasteiger partial charge in [-0.05, 0) is 56.7 Å². The van der Waals surface area contributed by atoms with Crippen molar-refractivity contribution in [3.8, 4) is 11.5 Å². The Hall–Kier alpha value is -3.47. The highest BCUT2D eigenvalue weighted by molar-refractivity contribution is 6.00. The summed E-state index contributed by atoms with van der Waals surface area (Å²) in [5, 5.41) is 20.2. The van der Waals surface area contributed by atoms with Gasteiger partial charge in [0, 0.05) is 11.5 Å². The van der Waals surface area contributed by atoms with Crippen LogP contribution < -0.4 is 20.5 Å². The molecule has 1 aromatic carbocycles. The maximum atomic E-state index is 12.5. The van der Waals surface area contributed by atoms with Crippen molar-refractivity contribution >= 4 is 29.4 Å². The molecular formula is C22H28N2O9. The standard InChI is InChI=1S/C22H28N2O9/c1-12(25)21(23)13-2-4-14(5-3-13)22(31)24-9-16(26)15-6-7-17(32-10-19(27)28)18(8-15)33-11-20(29)30/h6-8,13-14,21H,2-5,9-11,23H2,1H3,(H,24,31)(H,27,28)(H,29,30)/t13-,14-,21?. The Kier molecular flexibility index (Phi) is 9.34. The normalized spacial score (nSPS) is 18.6. The maximum Gasteiger partial charge on any atom is 0.341 e. The van der Waals surface area contributed by atoms with Crippen molar-refractivity contribution in [1.29, 1.82) is 0 Å². The number of ether oxygens (including phenoxy) is 2. The van der Waals surface area contributed by atoms with Gasteiger partial charge in [0.1, 0.15) is 5.78 Å². The molecule has 0 saturated heterocycles. The summed E-state index contributed by atoms with van der Waals surface area (Å²) in [6.45, 7) is -0.211. The number of benzene rings is 1. The first-order valence-corrected chi connectivity index (χ1v) is 10.5. The highest BCUT2D eigenvalue weighted by Crippen LogP contribution is 2.31. The smallest absolute Gasteiger partial charge is 0.341 e. The molecule has 0 bridgehead atoms. The summed E-state index contributed by atoms with van der Waals surface area (Å²) in [6.07, 6.45) is 2.48. The highest BCUT2D eigenvalue weighted by atomic mass is 16.5. The van der Waals surface area contributed by atoms with Crippen LogP contribution in [0.2, 0.25) is 0 Å². The number of carboxylic acids is 2. The van der Waals surface area contributed by atoms with Crippen LogP contribution in [-0.4, -0.2) is 65.4 Å². The summed E-state index contributed by atoms with van der Waals surface area (Å²) < 4.78 is 10.2. The molecule has 1 unspecified atom stereocenters. The number of aliphatic carboxylic acids is 2. The third-order valence-electron chi connectivity index (χ3n) is 5.51. The summed E-state index contributed by atoms with van der Waals surface area (Å²) >= 11 is 0. The molecule has 0 spiro atoms. The number of ketones is 2. The molecule has 0 aliphatic heterocycles. The van der Waals surface area contributed by atoms with E-state index in [1.807, 2.05) is 0 Å². The van der Waals surface area contributed by atoms with Gasteiger partial charge in [0.2, 0.25) is 5.91 Å².